The van der Waals surface area contributed by atoms with E-state index in [0.29, 0.717) is 0 Å². The van der Waals surface area contributed by atoms with Gasteiger partial charge in [0, 0.05) is 0 Å². The summed E-state index contributed by atoms with van der Waals surface area (Å²) >= 11 is 0. The lowest BCUT2D eigenvalue weighted by Gasteiger charge is -2.32. The van der Waals surface area contributed by atoms with Crippen molar-refractivity contribution < 1.29 is 4.79 Å². The maximum absolute atomic E-state index is 10.9. The first kappa shape index (κ1) is 8.53. The molecule has 1 rings (SSSR count). The molecule has 0 saturated carbocycles. The fourth-order valence-electron chi connectivity index (χ4n) is 1.69. The van der Waals surface area contributed by atoms with Crippen LogP contribution in [-0.2, 0) is 4.79 Å². The summed E-state index contributed by atoms with van der Waals surface area (Å²) in [4.78, 5) is 13.1. The van der Waals surface area contributed by atoms with Crippen LogP contribution in [0.3, 0.4) is 0 Å². The summed E-state index contributed by atoms with van der Waals surface area (Å²) in [6.07, 6.45) is 3.30. The Bertz CT molecular complexity index is 147. The highest BCUT2D eigenvalue weighted by Gasteiger charge is 2.24. The van der Waals surface area contributed by atoms with Crippen LogP contribution in [0.1, 0.15) is 26.2 Å². The number of likely N-dealkylation sites (N-methyl/N-ethyl adjacent to an activating group) is 1. The van der Waals surface area contributed by atoms with Crippen LogP contribution >= 0.6 is 0 Å². The molecule has 0 bridgehead atoms. The molecule has 2 N–H and O–H groups in total. The number of carbonyl (C=O) groups excluding carboxylic acids is 1. The summed E-state index contributed by atoms with van der Waals surface area (Å²) in [5.74, 6) is -0.161. The molecular weight excluding hydrogens is 140 g/mol. The van der Waals surface area contributed by atoms with Crippen molar-refractivity contribution in [1.82, 2.24) is 4.90 Å². The minimum absolute atomic E-state index is 0.00810. The lowest BCUT2D eigenvalue weighted by Crippen LogP contribution is -2.47. The Morgan fingerprint density at radius 1 is 1.64 bits per heavy atom. The molecule has 1 atom stereocenters. The van der Waals surface area contributed by atoms with Gasteiger partial charge in [-0.3, -0.25) is 9.69 Å². The first-order valence-electron chi connectivity index (χ1n) is 4.29. The molecule has 0 spiro atoms. The van der Waals surface area contributed by atoms with E-state index in [0.717, 1.165) is 25.9 Å². The van der Waals surface area contributed by atoms with Gasteiger partial charge in [0.15, 0.2) is 0 Å². The van der Waals surface area contributed by atoms with Gasteiger partial charge in [-0.1, -0.05) is 13.3 Å². The molecule has 0 aromatic carbocycles. The third-order valence-corrected chi connectivity index (χ3v) is 2.35. The maximum atomic E-state index is 10.9. The topological polar surface area (TPSA) is 46.3 Å². The molecule has 11 heavy (non-hydrogen) atoms. The Labute approximate surface area is 67.5 Å². The summed E-state index contributed by atoms with van der Waals surface area (Å²) in [6, 6.07) is 0.00810. The smallest absolute Gasteiger partial charge is 0.234 e. The lowest BCUT2D eigenvalue weighted by molar-refractivity contribution is -0.124. The minimum atomic E-state index is -0.161. The number of amides is 1. The van der Waals surface area contributed by atoms with E-state index >= 15 is 0 Å². The van der Waals surface area contributed by atoms with Crippen molar-refractivity contribution in [2.75, 3.05) is 13.1 Å². The van der Waals surface area contributed by atoms with Gasteiger partial charge in [0.1, 0.15) is 0 Å². The standard InChI is InChI=1S/C8H16N2O/c1-2-10-6-4-3-5-7(10)8(9)11/h7H,2-6H2,1H3,(H2,9,11). The SMILES string of the molecule is CCN1CCCCC1C(N)=O. The van der Waals surface area contributed by atoms with Crippen LogP contribution in [-0.4, -0.2) is 29.9 Å². The number of hydrogen-bond donors (Lipinski definition) is 1. The summed E-state index contributed by atoms with van der Waals surface area (Å²) in [7, 11) is 0. The maximum Gasteiger partial charge on any atom is 0.234 e. The second-order valence-corrected chi connectivity index (χ2v) is 3.04. The second kappa shape index (κ2) is 3.72. The Morgan fingerprint density at radius 3 is 2.82 bits per heavy atom. The molecule has 1 unspecified atom stereocenters. The molecule has 64 valence electrons. The first-order valence-corrected chi connectivity index (χ1v) is 4.29. The molecule has 1 saturated heterocycles. The van der Waals surface area contributed by atoms with E-state index in [9.17, 15) is 4.79 Å². The van der Waals surface area contributed by atoms with Crippen LogP contribution in [0.15, 0.2) is 0 Å². The summed E-state index contributed by atoms with van der Waals surface area (Å²) in [5.41, 5.74) is 5.25. The first-order chi connectivity index (χ1) is 5.25. The molecule has 1 amide bonds. The van der Waals surface area contributed by atoms with E-state index < -0.39 is 0 Å². The molecule has 3 nitrogen and oxygen atoms in total. The highest BCUT2D eigenvalue weighted by atomic mass is 16.1. The van der Waals surface area contributed by atoms with Gasteiger partial charge in [-0.2, -0.15) is 0 Å². The molecule has 1 aliphatic rings. The third-order valence-electron chi connectivity index (χ3n) is 2.35. The van der Waals surface area contributed by atoms with Crippen molar-refractivity contribution in [3.8, 4) is 0 Å². The van der Waals surface area contributed by atoms with E-state index in [1.807, 2.05) is 0 Å². The molecule has 0 radical (unpaired) electrons. The van der Waals surface area contributed by atoms with Gasteiger partial charge in [0.25, 0.3) is 0 Å². The average Bonchev–Trinajstić information content (AvgIpc) is 2.04. The molecule has 0 aromatic heterocycles. The molecule has 0 aromatic rings. The average molecular weight is 156 g/mol. The van der Waals surface area contributed by atoms with Crippen molar-refractivity contribution in [3.63, 3.8) is 0 Å². The van der Waals surface area contributed by atoms with Crippen molar-refractivity contribution in [2.24, 2.45) is 5.73 Å². The van der Waals surface area contributed by atoms with E-state index in [4.69, 9.17) is 5.73 Å². The number of hydrogen-bond acceptors (Lipinski definition) is 2. The van der Waals surface area contributed by atoms with E-state index in [-0.39, 0.29) is 11.9 Å². The predicted molar refractivity (Wildman–Crippen MR) is 44.1 cm³/mol. The zero-order valence-corrected chi connectivity index (χ0v) is 7.05. The normalized spacial score (nSPS) is 26.8. The van der Waals surface area contributed by atoms with Crippen LogP contribution in [0, 0.1) is 0 Å². The zero-order valence-electron chi connectivity index (χ0n) is 7.05. The van der Waals surface area contributed by atoms with Gasteiger partial charge >= 0.3 is 0 Å². The molecule has 3 heteroatoms. The van der Waals surface area contributed by atoms with E-state index in [1.165, 1.54) is 6.42 Å². The number of nitrogens with zero attached hydrogens (tertiary/aromatic N) is 1. The summed E-state index contributed by atoms with van der Waals surface area (Å²) in [5, 5.41) is 0. The quantitative estimate of drug-likeness (QED) is 0.627. The van der Waals surface area contributed by atoms with E-state index in [2.05, 4.69) is 11.8 Å². The van der Waals surface area contributed by atoms with Gasteiger partial charge in [0.2, 0.25) is 5.91 Å². The van der Waals surface area contributed by atoms with Crippen molar-refractivity contribution >= 4 is 5.91 Å². The van der Waals surface area contributed by atoms with Gasteiger partial charge < -0.3 is 5.73 Å². The fraction of sp³-hybridized carbons (Fsp3) is 0.875. The third kappa shape index (κ3) is 1.93. The van der Waals surface area contributed by atoms with Crippen LogP contribution in [0.2, 0.25) is 0 Å². The van der Waals surface area contributed by atoms with Crippen molar-refractivity contribution in [2.45, 2.75) is 32.2 Å². The van der Waals surface area contributed by atoms with Crippen LogP contribution < -0.4 is 5.73 Å². The second-order valence-electron chi connectivity index (χ2n) is 3.04. The van der Waals surface area contributed by atoms with Crippen LogP contribution in [0.4, 0.5) is 0 Å². The van der Waals surface area contributed by atoms with Gasteiger partial charge in [-0.05, 0) is 25.9 Å². The van der Waals surface area contributed by atoms with Crippen molar-refractivity contribution in [1.29, 1.82) is 0 Å². The van der Waals surface area contributed by atoms with Gasteiger partial charge in [0.05, 0.1) is 6.04 Å². The largest absolute Gasteiger partial charge is 0.368 e. The van der Waals surface area contributed by atoms with Crippen LogP contribution in [0.5, 0.6) is 0 Å². The molecule has 1 fully saturated rings. The fourth-order valence-corrected chi connectivity index (χ4v) is 1.69. The van der Waals surface area contributed by atoms with Gasteiger partial charge in [-0.15, -0.1) is 0 Å². The minimum Gasteiger partial charge on any atom is -0.368 e. The Hall–Kier alpha value is -0.570. The summed E-state index contributed by atoms with van der Waals surface area (Å²) < 4.78 is 0. The van der Waals surface area contributed by atoms with Crippen LogP contribution in [0.25, 0.3) is 0 Å². The number of rotatable bonds is 2. The molecule has 1 heterocycles. The molecule has 0 aliphatic carbocycles. The molecular formula is C8H16N2O. The number of primary amides is 1. The number of piperidine rings is 1. The molecule has 1 aliphatic heterocycles. The highest BCUT2D eigenvalue weighted by molar-refractivity contribution is 5.79. The van der Waals surface area contributed by atoms with Gasteiger partial charge in [-0.25, -0.2) is 0 Å². The lowest BCUT2D eigenvalue weighted by atomic mass is 10.0. The predicted octanol–water partition coefficient (Wildman–Crippen LogP) is 0.346. The Kier molecular flexibility index (Phi) is 2.88. The Morgan fingerprint density at radius 2 is 2.36 bits per heavy atom. The summed E-state index contributed by atoms with van der Waals surface area (Å²) in [6.45, 7) is 4.04. The number of likely N-dealkylation sites (tertiary alicyclic amines) is 1. The monoisotopic (exact) mass is 156 g/mol. The Balaban J connectivity index is 2.51. The van der Waals surface area contributed by atoms with E-state index in [1.54, 1.807) is 0 Å². The number of nitrogens with two attached hydrogens (primary N) is 1. The van der Waals surface area contributed by atoms with Crippen molar-refractivity contribution in [3.05, 3.63) is 0 Å². The number of carbonyl (C=O) groups is 1. The zero-order chi connectivity index (χ0) is 8.27. The highest BCUT2D eigenvalue weighted by Crippen LogP contribution is 2.15.